The number of alkyl halides is 3. The van der Waals surface area contributed by atoms with Crippen molar-refractivity contribution in [2.75, 3.05) is 5.73 Å². The van der Waals surface area contributed by atoms with E-state index in [2.05, 4.69) is 10.2 Å². The summed E-state index contributed by atoms with van der Waals surface area (Å²) in [6.07, 6.45) is -4.57. The normalized spacial score (nSPS) is 11.7. The van der Waals surface area contributed by atoms with Gasteiger partial charge in [-0.1, -0.05) is 35.4 Å². The van der Waals surface area contributed by atoms with Crippen molar-refractivity contribution in [3.8, 4) is 11.1 Å². The predicted molar refractivity (Wildman–Crippen MR) is 79.3 cm³/mol. The number of nitrogens with zero attached hydrogens (tertiary/aromatic N) is 1. The highest BCUT2D eigenvalue weighted by atomic mass is 35.5. The molecule has 0 saturated heterocycles. The maximum absolute atomic E-state index is 12.7. The van der Waals surface area contributed by atoms with Crippen LogP contribution in [0.1, 0.15) is 11.3 Å². The van der Waals surface area contributed by atoms with Gasteiger partial charge in [0.2, 0.25) is 0 Å². The first-order valence-corrected chi connectivity index (χ1v) is 6.49. The SMILES string of the molecule is NC(=S)c1n[nH]c(N)c1-c1c(Cl)cc(C(F)(F)F)cc1Cl. The average Bonchev–Trinajstić information content (AvgIpc) is 2.69. The zero-order chi connectivity index (χ0) is 15.9. The van der Waals surface area contributed by atoms with E-state index in [4.69, 9.17) is 46.9 Å². The molecule has 10 heteroatoms. The topological polar surface area (TPSA) is 80.7 Å². The van der Waals surface area contributed by atoms with Crippen LogP contribution in [0.5, 0.6) is 0 Å². The molecule has 5 N–H and O–H groups in total. The van der Waals surface area contributed by atoms with Crippen molar-refractivity contribution in [1.29, 1.82) is 0 Å². The molecule has 2 aromatic rings. The number of aromatic nitrogens is 2. The molecule has 0 atom stereocenters. The fourth-order valence-electron chi connectivity index (χ4n) is 1.76. The highest BCUT2D eigenvalue weighted by Gasteiger charge is 2.33. The lowest BCUT2D eigenvalue weighted by Crippen LogP contribution is -2.12. The Morgan fingerprint density at radius 3 is 2.14 bits per heavy atom. The molecule has 112 valence electrons. The van der Waals surface area contributed by atoms with Crippen LogP contribution in [-0.4, -0.2) is 15.2 Å². The number of rotatable bonds is 2. The summed E-state index contributed by atoms with van der Waals surface area (Å²) in [6, 6.07) is 1.50. The average molecular weight is 355 g/mol. The van der Waals surface area contributed by atoms with E-state index < -0.39 is 11.7 Å². The van der Waals surface area contributed by atoms with Crippen molar-refractivity contribution in [3.05, 3.63) is 33.4 Å². The van der Waals surface area contributed by atoms with E-state index >= 15 is 0 Å². The number of nitrogens with one attached hydrogen (secondary N) is 1. The van der Waals surface area contributed by atoms with E-state index in [1.807, 2.05) is 0 Å². The van der Waals surface area contributed by atoms with Crippen LogP contribution >= 0.6 is 35.4 Å². The number of halogens is 5. The van der Waals surface area contributed by atoms with Gasteiger partial charge in [-0.25, -0.2) is 0 Å². The van der Waals surface area contributed by atoms with Gasteiger partial charge in [-0.05, 0) is 12.1 Å². The maximum atomic E-state index is 12.7. The Morgan fingerprint density at radius 1 is 1.19 bits per heavy atom. The second-order valence-electron chi connectivity index (χ2n) is 4.04. The fraction of sp³-hybridized carbons (Fsp3) is 0.0909. The van der Waals surface area contributed by atoms with Gasteiger partial charge in [0.1, 0.15) is 16.5 Å². The first-order chi connectivity index (χ1) is 9.62. The number of anilines is 1. The summed E-state index contributed by atoms with van der Waals surface area (Å²) in [6.45, 7) is 0. The first kappa shape index (κ1) is 15.9. The molecule has 0 aliphatic carbocycles. The third kappa shape index (κ3) is 2.92. The van der Waals surface area contributed by atoms with Crippen molar-refractivity contribution < 1.29 is 13.2 Å². The zero-order valence-corrected chi connectivity index (χ0v) is 12.4. The number of nitrogens with two attached hydrogens (primary N) is 2. The van der Waals surface area contributed by atoms with Crippen molar-refractivity contribution in [1.82, 2.24) is 10.2 Å². The molecule has 0 saturated carbocycles. The Kier molecular flexibility index (Phi) is 4.05. The van der Waals surface area contributed by atoms with Crippen LogP contribution < -0.4 is 11.5 Å². The van der Waals surface area contributed by atoms with Crippen LogP contribution in [0.25, 0.3) is 11.1 Å². The number of aromatic amines is 1. The molecular weight excluding hydrogens is 348 g/mol. The van der Waals surface area contributed by atoms with Crippen LogP contribution in [0.3, 0.4) is 0 Å². The standard InChI is InChI=1S/C11H7Cl2F3N4S/c12-4-1-3(11(14,15)16)2-5(13)6(4)7-8(10(18)21)19-20-9(7)17/h1-2H,(H2,18,21)(H3,17,19,20). The molecular formula is C11H7Cl2F3N4S. The Morgan fingerprint density at radius 2 is 1.71 bits per heavy atom. The summed E-state index contributed by atoms with van der Waals surface area (Å²) in [5.74, 6) is 0.0429. The lowest BCUT2D eigenvalue weighted by molar-refractivity contribution is -0.137. The molecule has 0 spiro atoms. The zero-order valence-electron chi connectivity index (χ0n) is 10.1. The van der Waals surface area contributed by atoms with E-state index in [0.717, 1.165) is 12.1 Å². The van der Waals surface area contributed by atoms with E-state index in [0.29, 0.717) is 0 Å². The monoisotopic (exact) mass is 354 g/mol. The van der Waals surface area contributed by atoms with Gasteiger partial charge in [-0.15, -0.1) is 0 Å². The van der Waals surface area contributed by atoms with Gasteiger partial charge in [-0.3, -0.25) is 5.10 Å². The van der Waals surface area contributed by atoms with E-state index in [9.17, 15) is 13.2 Å². The lowest BCUT2D eigenvalue weighted by atomic mass is 10.0. The molecule has 0 fully saturated rings. The number of H-pyrrole nitrogens is 1. The summed E-state index contributed by atoms with van der Waals surface area (Å²) in [5, 5.41) is 5.75. The van der Waals surface area contributed by atoms with Gasteiger partial charge in [0.15, 0.2) is 0 Å². The Labute approximate surface area is 132 Å². The second-order valence-corrected chi connectivity index (χ2v) is 5.29. The van der Waals surface area contributed by atoms with Crippen LogP contribution in [0.2, 0.25) is 10.0 Å². The summed E-state index contributed by atoms with van der Waals surface area (Å²) >= 11 is 16.6. The molecule has 2 rings (SSSR count). The Hall–Kier alpha value is -1.51. The van der Waals surface area contributed by atoms with Gasteiger partial charge in [0, 0.05) is 5.56 Å². The van der Waals surface area contributed by atoms with Gasteiger partial charge in [0.25, 0.3) is 0 Å². The minimum absolute atomic E-state index is 0.0429. The molecule has 0 radical (unpaired) electrons. The molecule has 1 heterocycles. The van der Waals surface area contributed by atoms with E-state index in [-0.39, 0.29) is 37.7 Å². The predicted octanol–water partition coefficient (Wildman–Crippen LogP) is 3.62. The minimum atomic E-state index is -4.57. The molecule has 0 bridgehead atoms. The quantitative estimate of drug-likeness (QED) is 0.719. The van der Waals surface area contributed by atoms with Crippen LogP contribution in [0.4, 0.5) is 19.0 Å². The molecule has 0 aliphatic rings. The third-order valence-electron chi connectivity index (χ3n) is 2.65. The minimum Gasteiger partial charge on any atom is -0.388 e. The second kappa shape index (κ2) is 5.36. The summed E-state index contributed by atoms with van der Waals surface area (Å²) in [5.41, 5.74) is 10.6. The van der Waals surface area contributed by atoms with Gasteiger partial charge < -0.3 is 11.5 Å². The van der Waals surface area contributed by atoms with Gasteiger partial charge >= 0.3 is 6.18 Å². The fourth-order valence-corrected chi connectivity index (χ4v) is 2.59. The summed E-state index contributed by atoms with van der Waals surface area (Å²) in [7, 11) is 0. The van der Waals surface area contributed by atoms with Crippen LogP contribution in [0.15, 0.2) is 12.1 Å². The highest BCUT2D eigenvalue weighted by molar-refractivity contribution is 7.80. The van der Waals surface area contributed by atoms with Gasteiger partial charge in [-0.2, -0.15) is 18.3 Å². The third-order valence-corrected chi connectivity index (χ3v) is 3.44. The molecule has 1 aromatic carbocycles. The summed E-state index contributed by atoms with van der Waals surface area (Å²) in [4.78, 5) is -0.0926. The van der Waals surface area contributed by atoms with E-state index in [1.165, 1.54) is 0 Å². The van der Waals surface area contributed by atoms with E-state index in [1.54, 1.807) is 0 Å². The first-order valence-electron chi connectivity index (χ1n) is 5.33. The largest absolute Gasteiger partial charge is 0.416 e. The smallest absolute Gasteiger partial charge is 0.388 e. The van der Waals surface area contributed by atoms with Crippen molar-refractivity contribution in [2.24, 2.45) is 5.73 Å². The molecule has 4 nitrogen and oxygen atoms in total. The molecule has 1 aromatic heterocycles. The Balaban J connectivity index is 2.72. The lowest BCUT2D eigenvalue weighted by Gasteiger charge is -2.12. The number of benzene rings is 1. The highest BCUT2D eigenvalue weighted by Crippen LogP contribution is 2.42. The number of nitrogen functional groups attached to an aromatic ring is 1. The summed E-state index contributed by atoms with van der Waals surface area (Å²) < 4.78 is 38.1. The van der Waals surface area contributed by atoms with Crippen LogP contribution in [-0.2, 0) is 6.18 Å². The molecule has 0 aliphatic heterocycles. The molecule has 0 unspecified atom stereocenters. The molecule has 21 heavy (non-hydrogen) atoms. The number of hydrogen-bond acceptors (Lipinski definition) is 3. The van der Waals surface area contributed by atoms with Crippen LogP contribution in [0, 0.1) is 0 Å². The number of thiocarbonyl (C=S) groups is 1. The Bertz CT molecular complexity index is 704. The van der Waals surface area contributed by atoms with Gasteiger partial charge in [0.05, 0.1) is 21.2 Å². The van der Waals surface area contributed by atoms with Crippen molar-refractivity contribution in [3.63, 3.8) is 0 Å². The number of hydrogen-bond donors (Lipinski definition) is 3. The van der Waals surface area contributed by atoms with Crippen molar-refractivity contribution in [2.45, 2.75) is 6.18 Å². The maximum Gasteiger partial charge on any atom is 0.416 e. The van der Waals surface area contributed by atoms with Crippen molar-refractivity contribution >= 4 is 46.2 Å². The molecule has 0 amide bonds.